The fraction of sp³-hybridized carbons (Fsp3) is 0.700. The Hall–Kier alpha value is -1.08. The van der Waals surface area contributed by atoms with Crippen LogP contribution in [0.15, 0.2) is 6.20 Å². The molecule has 0 aliphatic carbocycles. The molecular formula is C10H15N5OS. The van der Waals surface area contributed by atoms with Crippen molar-refractivity contribution in [3.8, 4) is 0 Å². The van der Waals surface area contributed by atoms with Crippen molar-refractivity contribution in [1.82, 2.24) is 25.6 Å². The van der Waals surface area contributed by atoms with Gasteiger partial charge in [-0.25, -0.2) is 4.68 Å². The van der Waals surface area contributed by atoms with Crippen molar-refractivity contribution in [3.63, 3.8) is 0 Å². The zero-order chi connectivity index (χ0) is 11.7. The first-order valence-corrected chi connectivity index (χ1v) is 6.99. The Labute approximate surface area is 104 Å². The molecule has 2 N–H and O–H groups in total. The Morgan fingerprint density at radius 2 is 2.47 bits per heavy atom. The third-order valence-corrected chi connectivity index (χ3v) is 4.30. The molecule has 2 fully saturated rings. The predicted molar refractivity (Wildman–Crippen MR) is 65.1 cm³/mol. The van der Waals surface area contributed by atoms with Gasteiger partial charge in [-0.05, 0) is 12.2 Å². The number of nitrogens with one attached hydrogen (secondary N) is 2. The van der Waals surface area contributed by atoms with Crippen molar-refractivity contribution >= 4 is 17.7 Å². The van der Waals surface area contributed by atoms with Crippen LogP contribution in [0.1, 0.15) is 23.0 Å². The van der Waals surface area contributed by atoms with Crippen LogP contribution in [-0.2, 0) is 0 Å². The van der Waals surface area contributed by atoms with Gasteiger partial charge in [0.25, 0.3) is 5.91 Å². The molecule has 1 amide bonds. The molecule has 1 unspecified atom stereocenters. The summed E-state index contributed by atoms with van der Waals surface area (Å²) in [7, 11) is 0. The van der Waals surface area contributed by atoms with Crippen molar-refractivity contribution in [2.75, 3.05) is 24.6 Å². The van der Waals surface area contributed by atoms with Crippen LogP contribution in [0.5, 0.6) is 0 Å². The van der Waals surface area contributed by atoms with Gasteiger partial charge in [0.2, 0.25) is 0 Å². The second-order valence-electron chi connectivity index (χ2n) is 4.43. The first-order valence-electron chi connectivity index (χ1n) is 5.84. The van der Waals surface area contributed by atoms with Gasteiger partial charge in [0.1, 0.15) is 0 Å². The van der Waals surface area contributed by atoms with Crippen molar-refractivity contribution in [3.05, 3.63) is 11.9 Å². The smallest absolute Gasteiger partial charge is 0.273 e. The minimum absolute atomic E-state index is 0.101. The van der Waals surface area contributed by atoms with E-state index in [0.29, 0.717) is 17.8 Å². The third-order valence-electron chi connectivity index (χ3n) is 3.14. The molecule has 2 aliphatic heterocycles. The lowest BCUT2D eigenvalue weighted by Gasteiger charge is -2.26. The molecule has 0 saturated carbocycles. The van der Waals surface area contributed by atoms with Crippen LogP contribution in [0, 0.1) is 0 Å². The van der Waals surface area contributed by atoms with Crippen LogP contribution < -0.4 is 10.6 Å². The third kappa shape index (κ3) is 2.30. The summed E-state index contributed by atoms with van der Waals surface area (Å²) in [4.78, 5) is 11.9. The van der Waals surface area contributed by atoms with Crippen molar-refractivity contribution in [1.29, 1.82) is 0 Å². The molecule has 17 heavy (non-hydrogen) atoms. The van der Waals surface area contributed by atoms with E-state index in [1.807, 2.05) is 11.8 Å². The lowest BCUT2D eigenvalue weighted by molar-refractivity contribution is 0.0936. The molecule has 1 aromatic rings. The minimum Gasteiger partial charge on any atom is -0.347 e. The number of aromatic nitrogens is 3. The van der Waals surface area contributed by atoms with Crippen LogP contribution in [0.3, 0.4) is 0 Å². The summed E-state index contributed by atoms with van der Waals surface area (Å²) in [5.74, 6) is 2.04. The Bertz CT molecular complexity index is 411. The molecular weight excluding hydrogens is 238 g/mol. The highest BCUT2D eigenvalue weighted by atomic mass is 32.2. The minimum atomic E-state index is -0.101. The van der Waals surface area contributed by atoms with Gasteiger partial charge in [0.15, 0.2) is 5.69 Å². The van der Waals surface area contributed by atoms with E-state index < -0.39 is 0 Å². The first-order chi connectivity index (χ1) is 8.33. The van der Waals surface area contributed by atoms with Gasteiger partial charge in [0, 0.05) is 24.9 Å². The highest BCUT2D eigenvalue weighted by Gasteiger charge is 2.23. The molecule has 0 spiro atoms. The SMILES string of the molecule is O=C(NC1CCSC1)c1cn(C2CNC2)nn1. The van der Waals surface area contributed by atoms with E-state index in [1.54, 1.807) is 10.9 Å². The summed E-state index contributed by atoms with van der Waals surface area (Å²) in [6, 6.07) is 0.647. The number of nitrogens with zero attached hydrogens (tertiary/aromatic N) is 3. The van der Waals surface area contributed by atoms with Gasteiger partial charge < -0.3 is 10.6 Å². The Kier molecular flexibility index (Phi) is 3.02. The van der Waals surface area contributed by atoms with Gasteiger partial charge in [-0.3, -0.25) is 4.79 Å². The maximum absolute atomic E-state index is 11.9. The quantitative estimate of drug-likeness (QED) is 0.771. The van der Waals surface area contributed by atoms with E-state index in [9.17, 15) is 4.79 Å². The number of thioether (sulfide) groups is 1. The number of hydrogen-bond donors (Lipinski definition) is 2. The maximum atomic E-state index is 11.9. The van der Waals surface area contributed by atoms with Gasteiger partial charge in [0.05, 0.1) is 12.2 Å². The Morgan fingerprint density at radius 1 is 1.59 bits per heavy atom. The van der Waals surface area contributed by atoms with Gasteiger partial charge >= 0.3 is 0 Å². The van der Waals surface area contributed by atoms with Crippen LogP contribution in [0.25, 0.3) is 0 Å². The van der Waals surface area contributed by atoms with Crippen molar-refractivity contribution in [2.45, 2.75) is 18.5 Å². The molecule has 3 heterocycles. The highest BCUT2D eigenvalue weighted by Crippen LogP contribution is 2.17. The fourth-order valence-corrected chi connectivity index (χ4v) is 3.08. The second kappa shape index (κ2) is 4.66. The summed E-state index contributed by atoms with van der Waals surface area (Å²) >= 11 is 1.88. The van der Waals surface area contributed by atoms with Gasteiger partial charge in [-0.1, -0.05) is 5.21 Å². The maximum Gasteiger partial charge on any atom is 0.273 e. The van der Waals surface area contributed by atoms with E-state index in [0.717, 1.165) is 31.0 Å². The average molecular weight is 253 g/mol. The number of carbonyl (C=O) groups excluding carboxylic acids is 1. The fourth-order valence-electron chi connectivity index (χ4n) is 1.93. The molecule has 0 bridgehead atoms. The summed E-state index contributed by atoms with van der Waals surface area (Å²) in [6.45, 7) is 1.81. The second-order valence-corrected chi connectivity index (χ2v) is 5.58. The summed E-state index contributed by atoms with van der Waals surface area (Å²) < 4.78 is 1.77. The molecule has 6 nitrogen and oxygen atoms in total. The number of carbonyl (C=O) groups is 1. The lowest BCUT2D eigenvalue weighted by Crippen LogP contribution is -2.43. The number of hydrogen-bond acceptors (Lipinski definition) is 5. The topological polar surface area (TPSA) is 71.8 Å². The van der Waals surface area contributed by atoms with E-state index in [1.165, 1.54) is 0 Å². The summed E-state index contributed by atoms with van der Waals surface area (Å²) in [5.41, 5.74) is 0.425. The molecule has 1 atom stereocenters. The molecule has 92 valence electrons. The van der Waals surface area contributed by atoms with E-state index in [-0.39, 0.29) is 5.91 Å². The molecule has 2 saturated heterocycles. The number of amides is 1. The van der Waals surface area contributed by atoms with Crippen LogP contribution >= 0.6 is 11.8 Å². The van der Waals surface area contributed by atoms with Crippen molar-refractivity contribution < 1.29 is 4.79 Å². The molecule has 0 aromatic carbocycles. The van der Waals surface area contributed by atoms with E-state index >= 15 is 0 Å². The van der Waals surface area contributed by atoms with E-state index in [4.69, 9.17) is 0 Å². The number of rotatable bonds is 3. The molecule has 7 heteroatoms. The highest BCUT2D eigenvalue weighted by molar-refractivity contribution is 7.99. The zero-order valence-electron chi connectivity index (χ0n) is 9.43. The van der Waals surface area contributed by atoms with Crippen LogP contribution in [0.4, 0.5) is 0 Å². The molecule has 3 rings (SSSR count). The van der Waals surface area contributed by atoms with Crippen molar-refractivity contribution in [2.24, 2.45) is 0 Å². The first kappa shape index (κ1) is 11.0. The average Bonchev–Trinajstić information content (AvgIpc) is 2.85. The van der Waals surface area contributed by atoms with Crippen LogP contribution in [0.2, 0.25) is 0 Å². The zero-order valence-corrected chi connectivity index (χ0v) is 10.2. The molecule has 0 radical (unpaired) electrons. The normalized spacial score (nSPS) is 24.6. The van der Waals surface area contributed by atoms with Gasteiger partial charge in [-0.15, -0.1) is 5.10 Å². The predicted octanol–water partition coefficient (Wildman–Crippen LogP) is -0.342. The molecule has 1 aromatic heterocycles. The van der Waals surface area contributed by atoms with Gasteiger partial charge in [-0.2, -0.15) is 11.8 Å². The Morgan fingerprint density at radius 3 is 3.12 bits per heavy atom. The molecule has 2 aliphatic rings. The van der Waals surface area contributed by atoms with E-state index in [2.05, 4.69) is 20.9 Å². The largest absolute Gasteiger partial charge is 0.347 e. The summed E-state index contributed by atoms with van der Waals surface area (Å²) in [5, 5.41) is 14.1. The van der Waals surface area contributed by atoms with Crippen LogP contribution in [-0.4, -0.2) is 51.5 Å². The standard InChI is InChI=1S/C10H15N5OS/c16-10(12-7-1-2-17-6-7)9-5-15(14-13-9)8-3-11-4-8/h5,7-8,11H,1-4,6H2,(H,12,16). The lowest BCUT2D eigenvalue weighted by atomic mass is 10.2. The Balaban J connectivity index is 1.62. The monoisotopic (exact) mass is 253 g/mol. The summed E-state index contributed by atoms with van der Waals surface area (Å²) in [6.07, 6.45) is 2.79.